The second kappa shape index (κ2) is 15.3. The second-order valence-electron chi connectivity index (χ2n) is 16.5. The van der Waals surface area contributed by atoms with E-state index in [0.29, 0.717) is 37.8 Å². The molecule has 3 saturated carbocycles. The second-order valence-corrected chi connectivity index (χ2v) is 18.5. The minimum Gasteiger partial charge on any atom is -0.446 e. The Kier molecular flexibility index (Phi) is 10.4. The van der Waals surface area contributed by atoms with Crippen molar-refractivity contribution in [2.75, 3.05) is 19.6 Å². The molecular formula is C41H50N6O8S. The molecule has 56 heavy (non-hydrogen) atoms. The van der Waals surface area contributed by atoms with E-state index in [-0.39, 0.29) is 49.7 Å². The average Bonchev–Trinajstić information content (AvgIpc) is 4.06. The summed E-state index contributed by atoms with van der Waals surface area (Å²) in [6.07, 6.45) is 9.94. The number of fused-ring (bicyclic) bond motifs is 4. The van der Waals surface area contributed by atoms with Gasteiger partial charge in [-0.25, -0.2) is 18.2 Å². The zero-order valence-electron chi connectivity index (χ0n) is 31.7. The minimum absolute atomic E-state index is 0.149. The van der Waals surface area contributed by atoms with E-state index in [4.69, 9.17) is 4.74 Å². The number of carbonyl (C=O) groups excluding carboxylic acids is 5. The van der Waals surface area contributed by atoms with Crippen LogP contribution in [0.1, 0.15) is 86.7 Å². The quantitative estimate of drug-likeness (QED) is 0.353. The minimum atomic E-state index is -3.90. The first-order chi connectivity index (χ1) is 26.9. The summed E-state index contributed by atoms with van der Waals surface area (Å²) >= 11 is 0. The van der Waals surface area contributed by atoms with Crippen molar-refractivity contribution >= 4 is 39.7 Å². The number of sulfonamides is 1. The van der Waals surface area contributed by atoms with Crippen molar-refractivity contribution in [1.29, 1.82) is 0 Å². The van der Waals surface area contributed by atoms with Gasteiger partial charge in [0.1, 0.15) is 29.4 Å². The fourth-order valence-corrected chi connectivity index (χ4v) is 10.0. The van der Waals surface area contributed by atoms with Crippen molar-refractivity contribution < 1.29 is 37.1 Å². The van der Waals surface area contributed by atoms with Crippen molar-refractivity contribution in [3.8, 4) is 11.3 Å². The molecule has 4 heterocycles. The van der Waals surface area contributed by atoms with Crippen LogP contribution in [0.25, 0.3) is 11.3 Å². The summed E-state index contributed by atoms with van der Waals surface area (Å²) in [4.78, 5) is 78.0. The highest BCUT2D eigenvalue weighted by molar-refractivity contribution is 7.91. The summed E-state index contributed by atoms with van der Waals surface area (Å²) in [6, 6.07) is 11.1. The zero-order valence-corrected chi connectivity index (χ0v) is 32.5. The first kappa shape index (κ1) is 38.1. The molecule has 3 aliphatic heterocycles. The predicted octanol–water partition coefficient (Wildman–Crippen LogP) is 3.61. The van der Waals surface area contributed by atoms with Crippen LogP contribution in [0.2, 0.25) is 0 Å². The van der Waals surface area contributed by atoms with Crippen molar-refractivity contribution in [2.45, 2.75) is 107 Å². The number of likely N-dealkylation sites (tertiary alicyclic amines) is 1. The monoisotopic (exact) mass is 786 g/mol. The first-order valence-electron chi connectivity index (χ1n) is 20.1. The van der Waals surface area contributed by atoms with Crippen LogP contribution in [0.5, 0.6) is 0 Å². The number of aryl methyl sites for hydroxylation is 1. The number of nitrogens with one attached hydrogen (secondary N) is 3. The Balaban J connectivity index is 1.07. The third-order valence-electron chi connectivity index (χ3n) is 12.4. The molecule has 2 aromatic rings. The normalized spacial score (nSPS) is 30.0. The molecule has 8 rings (SSSR count). The Morgan fingerprint density at radius 3 is 2.45 bits per heavy atom. The number of hydrogen-bond acceptors (Lipinski definition) is 9. The van der Waals surface area contributed by atoms with Gasteiger partial charge in [-0.15, -0.1) is 0 Å². The summed E-state index contributed by atoms with van der Waals surface area (Å²) in [5, 5.41) is 5.11. The Hall–Kier alpha value is -4.79. The molecule has 3 aliphatic carbocycles. The SMILES string of the molecule is Cc1ccc(-c2cccc(C(=O)N3C[C@H]4CN5C(=O)[C@@H](NC(=O)OC6CCC6)CCCCC/C=C\[C@H]6C[C@@]6(C(=O)NS(=O)(=O)C6CC6)NC(=O)[C@@H]5[C@H]4C3)n2)cc1. The molecule has 0 spiro atoms. The molecule has 5 amide bonds. The molecular weight excluding hydrogens is 737 g/mol. The van der Waals surface area contributed by atoms with Crippen LogP contribution in [0, 0.1) is 24.7 Å². The molecule has 3 N–H and O–H groups in total. The predicted molar refractivity (Wildman–Crippen MR) is 205 cm³/mol. The smallest absolute Gasteiger partial charge is 0.408 e. The summed E-state index contributed by atoms with van der Waals surface area (Å²) in [7, 11) is -3.90. The largest absolute Gasteiger partial charge is 0.446 e. The molecule has 1 aromatic carbocycles. The van der Waals surface area contributed by atoms with E-state index >= 15 is 0 Å². The van der Waals surface area contributed by atoms with Gasteiger partial charge in [-0.3, -0.25) is 23.9 Å². The number of hydrogen-bond donors (Lipinski definition) is 3. The molecule has 298 valence electrons. The highest BCUT2D eigenvalue weighted by Gasteiger charge is 2.63. The lowest BCUT2D eigenvalue weighted by Gasteiger charge is -2.33. The first-order valence-corrected chi connectivity index (χ1v) is 21.6. The maximum absolute atomic E-state index is 14.7. The van der Waals surface area contributed by atoms with E-state index < -0.39 is 68.5 Å². The summed E-state index contributed by atoms with van der Waals surface area (Å²) in [5.74, 6) is -3.32. The van der Waals surface area contributed by atoms with Gasteiger partial charge in [0.2, 0.25) is 21.8 Å². The lowest BCUT2D eigenvalue weighted by molar-refractivity contribution is -0.142. The fraction of sp³-hybridized carbons (Fsp3) is 0.561. The molecule has 0 radical (unpaired) electrons. The molecule has 2 saturated heterocycles. The molecule has 0 unspecified atom stereocenters. The number of rotatable bonds is 7. The summed E-state index contributed by atoms with van der Waals surface area (Å²) in [6.45, 7) is 2.57. The third kappa shape index (κ3) is 7.78. The number of allylic oxidation sites excluding steroid dienone is 1. The number of amides is 5. The van der Waals surface area contributed by atoms with Gasteiger partial charge < -0.3 is 25.2 Å². The number of ether oxygens (including phenoxy) is 1. The maximum atomic E-state index is 14.7. The number of alkyl carbamates (subject to hydrolysis) is 1. The van der Waals surface area contributed by atoms with E-state index in [0.717, 1.165) is 43.2 Å². The zero-order chi connectivity index (χ0) is 39.2. The third-order valence-corrected chi connectivity index (χ3v) is 14.2. The topological polar surface area (TPSA) is 184 Å². The van der Waals surface area contributed by atoms with Crippen LogP contribution in [0.3, 0.4) is 0 Å². The van der Waals surface area contributed by atoms with Crippen molar-refractivity contribution in [2.24, 2.45) is 17.8 Å². The van der Waals surface area contributed by atoms with Crippen LogP contribution in [-0.4, -0.2) is 102 Å². The van der Waals surface area contributed by atoms with Crippen LogP contribution >= 0.6 is 0 Å². The van der Waals surface area contributed by atoms with Crippen LogP contribution < -0.4 is 15.4 Å². The molecule has 14 nitrogen and oxygen atoms in total. The van der Waals surface area contributed by atoms with Gasteiger partial charge >= 0.3 is 6.09 Å². The van der Waals surface area contributed by atoms with E-state index in [1.807, 2.05) is 49.4 Å². The Labute approximate surface area is 327 Å². The number of nitrogens with zero attached hydrogens (tertiary/aromatic N) is 3. The average molecular weight is 787 g/mol. The number of aromatic nitrogens is 1. The van der Waals surface area contributed by atoms with Gasteiger partial charge in [-0.2, -0.15) is 0 Å². The summed E-state index contributed by atoms with van der Waals surface area (Å²) in [5.41, 5.74) is 1.38. The Morgan fingerprint density at radius 2 is 1.71 bits per heavy atom. The fourth-order valence-electron chi connectivity index (χ4n) is 8.65. The molecule has 0 bridgehead atoms. The van der Waals surface area contributed by atoms with E-state index in [2.05, 4.69) is 20.3 Å². The van der Waals surface area contributed by atoms with Crippen molar-refractivity contribution in [3.63, 3.8) is 0 Å². The summed E-state index contributed by atoms with van der Waals surface area (Å²) < 4.78 is 33.6. The molecule has 1 aromatic heterocycles. The van der Waals surface area contributed by atoms with Gasteiger partial charge in [0.15, 0.2) is 0 Å². The van der Waals surface area contributed by atoms with Gasteiger partial charge in [-0.05, 0) is 76.8 Å². The standard InChI is InChI=1S/C41H50N6O8S/c1-25-15-17-26(18-16-25)32-13-8-14-33(42-32)37(49)46-22-27-23-47-35(31(27)24-46)36(48)44-41(39(51)45-56(53,54)30-19-20-30)21-28(41)9-5-3-2-4-6-12-34(38(47)50)43-40(52)55-29-10-7-11-29/h5,8-9,13-18,27-31,34-35H,2-4,6-7,10-12,19-24H2,1H3,(H,43,52)(H,44,48)(H,45,51)/b9-5-/t27-,28-,31-,34-,35-,41+/m0/s1. The number of pyridine rings is 1. The van der Waals surface area contributed by atoms with E-state index in [1.165, 1.54) is 4.90 Å². The van der Waals surface area contributed by atoms with Crippen LogP contribution in [-0.2, 0) is 29.1 Å². The number of carbonyl (C=O) groups is 5. The van der Waals surface area contributed by atoms with Crippen LogP contribution in [0.4, 0.5) is 4.79 Å². The van der Waals surface area contributed by atoms with Gasteiger partial charge in [0, 0.05) is 43.0 Å². The van der Waals surface area contributed by atoms with E-state index in [9.17, 15) is 32.4 Å². The lowest BCUT2D eigenvalue weighted by Crippen LogP contribution is -2.60. The Morgan fingerprint density at radius 1 is 0.929 bits per heavy atom. The Bertz CT molecular complexity index is 2030. The van der Waals surface area contributed by atoms with Crippen molar-refractivity contribution in [3.05, 3.63) is 65.9 Å². The molecule has 15 heteroatoms. The van der Waals surface area contributed by atoms with Gasteiger partial charge in [0.05, 0.1) is 10.9 Å². The highest BCUT2D eigenvalue weighted by Crippen LogP contribution is 2.47. The van der Waals surface area contributed by atoms with Gasteiger partial charge in [-0.1, -0.05) is 60.9 Å². The highest BCUT2D eigenvalue weighted by atomic mass is 32.2. The number of benzene rings is 1. The maximum Gasteiger partial charge on any atom is 0.408 e. The molecule has 5 fully saturated rings. The van der Waals surface area contributed by atoms with Gasteiger partial charge in [0.25, 0.3) is 11.8 Å². The molecule has 6 aliphatic rings. The lowest BCUT2D eigenvalue weighted by atomic mass is 9.93. The van der Waals surface area contributed by atoms with Crippen molar-refractivity contribution in [1.82, 2.24) is 30.1 Å². The van der Waals surface area contributed by atoms with E-state index in [1.54, 1.807) is 17.0 Å². The molecule has 6 atom stereocenters. The van der Waals surface area contributed by atoms with Crippen LogP contribution in [0.15, 0.2) is 54.6 Å².